The SMILES string of the molecule is CCCCCCC(C)O[Si](C)(C)O[C@@H]1C[C@H](C)CC[C@H]1C(C)C. The summed E-state index contributed by atoms with van der Waals surface area (Å²) in [5, 5.41) is 0. The molecular formula is C20H42O2Si. The zero-order chi connectivity index (χ0) is 17.5. The van der Waals surface area contributed by atoms with Crippen molar-refractivity contribution < 1.29 is 8.85 Å². The maximum atomic E-state index is 6.64. The van der Waals surface area contributed by atoms with E-state index in [1.165, 1.54) is 51.4 Å². The molecule has 1 aliphatic carbocycles. The topological polar surface area (TPSA) is 18.5 Å². The summed E-state index contributed by atoms with van der Waals surface area (Å²) in [6.07, 6.45) is 11.1. The zero-order valence-corrected chi connectivity index (χ0v) is 17.9. The molecule has 0 aromatic rings. The van der Waals surface area contributed by atoms with Crippen molar-refractivity contribution in [2.24, 2.45) is 17.8 Å². The Hall–Kier alpha value is 0.137. The van der Waals surface area contributed by atoms with Gasteiger partial charge in [-0.3, -0.25) is 0 Å². The van der Waals surface area contributed by atoms with E-state index in [0.29, 0.717) is 24.0 Å². The third-order valence-electron chi connectivity index (χ3n) is 5.35. The van der Waals surface area contributed by atoms with E-state index in [9.17, 15) is 0 Å². The molecule has 1 fully saturated rings. The summed E-state index contributed by atoms with van der Waals surface area (Å²) >= 11 is 0. The van der Waals surface area contributed by atoms with Crippen LogP contribution >= 0.6 is 0 Å². The van der Waals surface area contributed by atoms with Crippen LogP contribution in [-0.4, -0.2) is 20.8 Å². The van der Waals surface area contributed by atoms with Crippen molar-refractivity contribution in [2.75, 3.05) is 0 Å². The molecule has 1 aliphatic rings. The molecule has 0 saturated heterocycles. The minimum Gasteiger partial charge on any atom is -0.392 e. The molecule has 0 aromatic heterocycles. The summed E-state index contributed by atoms with van der Waals surface area (Å²) in [5.74, 6) is 2.22. The molecule has 0 aromatic carbocycles. The standard InChI is InChI=1S/C20H42O2Si/c1-8-9-10-11-12-18(5)21-23(6,7)22-20-15-17(4)13-14-19(20)16(2)3/h16-20H,8-15H2,1-7H3/t17-,18?,19+,20-/m1/s1. The second kappa shape index (κ2) is 10.2. The van der Waals surface area contributed by atoms with Crippen molar-refractivity contribution in [3.8, 4) is 0 Å². The monoisotopic (exact) mass is 342 g/mol. The molecule has 0 bridgehead atoms. The van der Waals surface area contributed by atoms with Gasteiger partial charge < -0.3 is 8.85 Å². The van der Waals surface area contributed by atoms with Gasteiger partial charge in [0.05, 0.1) is 6.10 Å². The average Bonchev–Trinajstić information content (AvgIpc) is 2.42. The van der Waals surface area contributed by atoms with Gasteiger partial charge in [0.1, 0.15) is 0 Å². The van der Waals surface area contributed by atoms with E-state index in [-0.39, 0.29) is 0 Å². The lowest BCUT2D eigenvalue weighted by molar-refractivity contribution is 0.00651. The van der Waals surface area contributed by atoms with Crippen molar-refractivity contribution >= 4 is 8.56 Å². The smallest absolute Gasteiger partial charge is 0.332 e. The highest BCUT2D eigenvalue weighted by Gasteiger charge is 2.37. The number of unbranched alkanes of at least 4 members (excludes halogenated alkanes) is 3. The zero-order valence-electron chi connectivity index (χ0n) is 16.9. The molecule has 4 atom stereocenters. The van der Waals surface area contributed by atoms with Crippen molar-refractivity contribution in [1.82, 2.24) is 0 Å². The third-order valence-corrected chi connectivity index (χ3v) is 7.19. The first kappa shape index (κ1) is 21.2. The first-order chi connectivity index (χ1) is 10.7. The van der Waals surface area contributed by atoms with Crippen molar-refractivity contribution in [3.63, 3.8) is 0 Å². The van der Waals surface area contributed by atoms with Crippen molar-refractivity contribution in [3.05, 3.63) is 0 Å². The maximum Gasteiger partial charge on any atom is 0.332 e. The summed E-state index contributed by atoms with van der Waals surface area (Å²) in [4.78, 5) is 0. The predicted octanol–water partition coefficient (Wildman–Crippen LogP) is 6.54. The average molecular weight is 343 g/mol. The molecule has 23 heavy (non-hydrogen) atoms. The lowest BCUT2D eigenvalue weighted by Crippen LogP contribution is -2.46. The van der Waals surface area contributed by atoms with Gasteiger partial charge >= 0.3 is 8.56 Å². The van der Waals surface area contributed by atoms with Gasteiger partial charge in [-0.05, 0) is 57.0 Å². The van der Waals surface area contributed by atoms with E-state index < -0.39 is 8.56 Å². The Balaban J connectivity index is 2.47. The minimum absolute atomic E-state index is 0.340. The third kappa shape index (κ3) is 8.17. The first-order valence-corrected chi connectivity index (χ1v) is 12.9. The van der Waals surface area contributed by atoms with Crippen LogP contribution in [0.1, 0.15) is 86.0 Å². The Morgan fingerprint density at radius 2 is 1.74 bits per heavy atom. The summed E-state index contributed by atoms with van der Waals surface area (Å²) in [7, 11) is -2.04. The highest BCUT2D eigenvalue weighted by molar-refractivity contribution is 6.64. The molecule has 0 heterocycles. The molecule has 0 amide bonds. The van der Waals surface area contributed by atoms with Gasteiger partial charge in [-0.2, -0.15) is 0 Å². The van der Waals surface area contributed by atoms with E-state index in [1.54, 1.807) is 0 Å². The molecule has 2 nitrogen and oxygen atoms in total. The molecular weight excluding hydrogens is 300 g/mol. The Morgan fingerprint density at radius 3 is 2.35 bits per heavy atom. The van der Waals surface area contributed by atoms with E-state index >= 15 is 0 Å². The fourth-order valence-electron chi connectivity index (χ4n) is 4.04. The van der Waals surface area contributed by atoms with E-state index in [1.807, 2.05) is 0 Å². The molecule has 0 N–H and O–H groups in total. The summed E-state index contributed by atoms with van der Waals surface area (Å²) in [6, 6.07) is 0. The van der Waals surface area contributed by atoms with Crippen LogP contribution in [0.3, 0.4) is 0 Å². The Labute approximate surface area is 147 Å². The summed E-state index contributed by atoms with van der Waals surface area (Å²) in [6.45, 7) is 16.1. The quantitative estimate of drug-likeness (QED) is 0.331. The second-order valence-electron chi connectivity index (χ2n) is 8.66. The number of hydrogen-bond donors (Lipinski definition) is 0. The van der Waals surface area contributed by atoms with E-state index in [0.717, 1.165) is 5.92 Å². The molecule has 3 heteroatoms. The molecule has 1 unspecified atom stereocenters. The van der Waals surface area contributed by atoms with Crippen LogP contribution in [0.25, 0.3) is 0 Å². The highest BCUT2D eigenvalue weighted by atomic mass is 28.4. The maximum absolute atomic E-state index is 6.64. The van der Waals surface area contributed by atoms with Crippen LogP contribution < -0.4 is 0 Å². The molecule has 1 saturated carbocycles. The van der Waals surface area contributed by atoms with Crippen LogP contribution in [0.5, 0.6) is 0 Å². The Bertz CT molecular complexity index is 317. The molecule has 1 rings (SSSR count). The van der Waals surface area contributed by atoms with Crippen LogP contribution in [0, 0.1) is 17.8 Å². The fraction of sp³-hybridized carbons (Fsp3) is 1.00. The van der Waals surface area contributed by atoms with Crippen LogP contribution in [0.15, 0.2) is 0 Å². The van der Waals surface area contributed by atoms with Crippen LogP contribution in [-0.2, 0) is 8.85 Å². The number of hydrogen-bond acceptors (Lipinski definition) is 2. The molecule has 0 spiro atoms. The van der Waals surface area contributed by atoms with E-state index in [4.69, 9.17) is 8.85 Å². The Morgan fingerprint density at radius 1 is 1.04 bits per heavy atom. The van der Waals surface area contributed by atoms with Gasteiger partial charge in [0.2, 0.25) is 0 Å². The summed E-state index contributed by atoms with van der Waals surface area (Å²) < 4.78 is 13.0. The largest absolute Gasteiger partial charge is 0.392 e. The normalized spacial score (nSPS) is 27.4. The van der Waals surface area contributed by atoms with Gasteiger partial charge in [-0.15, -0.1) is 0 Å². The number of rotatable bonds is 10. The lowest BCUT2D eigenvalue weighted by Gasteiger charge is -2.41. The van der Waals surface area contributed by atoms with Gasteiger partial charge in [-0.25, -0.2) is 0 Å². The second-order valence-corrected chi connectivity index (χ2v) is 11.9. The predicted molar refractivity (Wildman–Crippen MR) is 103 cm³/mol. The van der Waals surface area contributed by atoms with Gasteiger partial charge in [0, 0.05) is 6.10 Å². The van der Waals surface area contributed by atoms with Gasteiger partial charge in [0.15, 0.2) is 0 Å². The van der Waals surface area contributed by atoms with Crippen molar-refractivity contribution in [2.45, 2.75) is 111 Å². The fourth-order valence-corrected chi connectivity index (χ4v) is 6.19. The Kier molecular flexibility index (Phi) is 9.39. The highest BCUT2D eigenvalue weighted by Crippen LogP contribution is 2.37. The van der Waals surface area contributed by atoms with Crippen molar-refractivity contribution in [1.29, 1.82) is 0 Å². The molecule has 0 aliphatic heterocycles. The minimum atomic E-state index is -2.04. The van der Waals surface area contributed by atoms with E-state index in [2.05, 4.69) is 47.7 Å². The molecule has 0 radical (unpaired) electrons. The first-order valence-electron chi connectivity index (χ1n) is 10.1. The van der Waals surface area contributed by atoms with Gasteiger partial charge in [0.25, 0.3) is 0 Å². The van der Waals surface area contributed by atoms with Gasteiger partial charge in [-0.1, -0.05) is 59.8 Å². The van der Waals surface area contributed by atoms with Crippen LogP contribution in [0.4, 0.5) is 0 Å². The lowest BCUT2D eigenvalue weighted by atomic mass is 9.75. The molecule has 138 valence electrons. The summed E-state index contributed by atoms with van der Waals surface area (Å²) in [5.41, 5.74) is 0. The van der Waals surface area contributed by atoms with Crippen LogP contribution in [0.2, 0.25) is 13.1 Å².